The van der Waals surface area contributed by atoms with Crippen molar-refractivity contribution in [1.82, 2.24) is 5.32 Å². The summed E-state index contributed by atoms with van der Waals surface area (Å²) in [6.45, 7) is 4.11. The molecule has 0 saturated heterocycles. The lowest BCUT2D eigenvalue weighted by Crippen LogP contribution is -2.46. The van der Waals surface area contributed by atoms with Crippen LogP contribution >= 0.6 is 11.8 Å². The van der Waals surface area contributed by atoms with Crippen molar-refractivity contribution in [3.05, 3.63) is 0 Å². The molecule has 0 fully saturated rings. The summed E-state index contributed by atoms with van der Waals surface area (Å²) in [6.07, 6.45) is 4.72. The maximum Gasteiger partial charge on any atom is 0.237 e. The second kappa shape index (κ2) is 8.12. The van der Waals surface area contributed by atoms with Crippen molar-refractivity contribution in [1.29, 1.82) is 0 Å². The Morgan fingerprint density at radius 1 is 1.50 bits per heavy atom. The van der Waals surface area contributed by atoms with Crippen LogP contribution in [0, 0.1) is 0 Å². The Hall–Kier alpha value is -0.220. The van der Waals surface area contributed by atoms with Crippen LogP contribution in [0.15, 0.2) is 0 Å². The molecule has 4 heteroatoms. The van der Waals surface area contributed by atoms with Gasteiger partial charge in [0.15, 0.2) is 0 Å². The average molecular weight is 218 g/mol. The normalized spacial score (nSPS) is 14.9. The van der Waals surface area contributed by atoms with E-state index in [4.69, 9.17) is 5.73 Å². The van der Waals surface area contributed by atoms with Crippen molar-refractivity contribution in [2.75, 3.05) is 12.0 Å². The number of thioether (sulfide) groups is 1. The Morgan fingerprint density at radius 3 is 2.57 bits per heavy atom. The summed E-state index contributed by atoms with van der Waals surface area (Å²) >= 11 is 1.75. The van der Waals surface area contributed by atoms with Crippen LogP contribution in [0.3, 0.4) is 0 Å². The van der Waals surface area contributed by atoms with Gasteiger partial charge in [-0.05, 0) is 19.1 Å². The number of hydrogen-bond donors (Lipinski definition) is 2. The lowest BCUT2D eigenvalue weighted by Gasteiger charge is -2.18. The van der Waals surface area contributed by atoms with Crippen molar-refractivity contribution >= 4 is 17.7 Å². The molecule has 0 spiro atoms. The summed E-state index contributed by atoms with van der Waals surface area (Å²) < 4.78 is 0. The molecule has 1 amide bonds. The molecule has 84 valence electrons. The van der Waals surface area contributed by atoms with Crippen LogP contribution in [0.5, 0.6) is 0 Å². The van der Waals surface area contributed by atoms with Crippen LogP contribution < -0.4 is 11.1 Å². The lowest BCUT2D eigenvalue weighted by atomic mass is 10.1. The highest BCUT2D eigenvalue weighted by Gasteiger charge is 2.15. The number of nitrogens with two attached hydrogens (primary N) is 1. The van der Waals surface area contributed by atoms with E-state index in [2.05, 4.69) is 12.2 Å². The van der Waals surface area contributed by atoms with Crippen molar-refractivity contribution in [2.24, 2.45) is 5.73 Å². The molecule has 0 aliphatic rings. The third-order valence-electron chi connectivity index (χ3n) is 2.14. The number of rotatable bonds is 7. The van der Waals surface area contributed by atoms with E-state index in [9.17, 15) is 4.79 Å². The minimum absolute atomic E-state index is 0.00671. The average Bonchev–Trinajstić information content (AvgIpc) is 2.17. The van der Waals surface area contributed by atoms with E-state index in [1.54, 1.807) is 11.8 Å². The van der Waals surface area contributed by atoms with Gasteiger partial charge in [-0.2, -0.15) is 11.8 Å². The van der Waals surface area contributed by atoms with Crippen molar-refractivity contribution < 1.29 is 4.79 Å². The Morgan fingerprint density at radius 2 is 2.14 bits per heavy atom. The van der Waals surface area contributed by atoms with Crippen LogP contribution in [0.4, 0.5) is 0 Å². The van der Waals surface area contributed by atoms with E-state index in [1.807, 2.05) is 13.2 Å². The summed E-state index contributed by atoms with van der Waals surface area (Å²) in [5.41, 5.74) is 5.71. The second-order valence-electron chi connectivity index (χ2n) is 3.46. The molecule has 2 atom stereocenters. The number of nitrogens with one attached hydrogen (secondary N) is 1. The predicted octanol–water partition coefficient (Wildman–Crippen LogP) is 1.37. The van der Waals surface area contributed by atoms with Gasteiger partial charge in [0, 0.05) is 11.8 Å². The van der Waals surface area contributed by atoms with Crippen molar-refractivity contribution in [3.63, 3.8) is 0 Å². The number of hydrogen-bond acceptors (Lipinski definition) is 3. The highest BCUT2D eigenvalue weighted by molar-refractivity contribution is 7.98. The molecule has 0 aromatic heterocycles. The first kappa shape index (κ1) is 13.8. The molecular weight excluding hydrogens is 196 g/mol. The molecule has 0 aliphatic heterocycles. The SMILES string of the molecule is CCCC(N)C(=O)NC(CC)CSC. The van der Waals surface area contributed by atoms with Gasteiger partial charge in [0.05, 0.1) is 6.04 Å². The summed E-state index contributed by atoms with van der Waals surface area (Å²) in [7, 11) is 0. The van der Waals surface area contributed by atoms with Crippen LogP contribution in [-0.2, 0) is 4.79 Å². The maximum absolute atomic E-state index is 11.5. The molecule has 0 rings (SSSR count). The van der Waals surface area contributed by atoms with Gasteiger partial charge in [-0.25, -0.2) is 0 Å². The van der Waals surface area contributed by atoms with Crippen molar-refractivity contribution in [3.8, 4) is 0 Å². The largest absolute Gasteiger partial charge is 0.351 e. The monoisotopic (exact) mass is 218 g/mol. The highest BCUT2D eigenvalue weighted by Crippen LogP contribution is 2.02. The molecule has 0 aromatic carbocycles. The van der Waals surface area contributed by atoms with E-state index in [-0.39, 0.29) is 18.0 Å². The minimum Gasteiger partial charge on any atom is -0.351 e. The molecule has 0 radical (unpaired) electrons. The zero-order valence-corrected chi connectivity index (χ0v) is 10.2. The van der Waals surface area contributed by atoms with Crippen LogP contribution in [0.2, 0.25) is 0 Å². The van der Waals surface area contributed by atoms with Crippen molar-refractivity contribution in [2.45, 2.75) is 45.2 Å². The van der Waals surface area contributed by atoms with E-state index >= 15 is 0 Å². The number of amides is 1. The number of carbonyl (C=O) groups excluding carboxylic acids is 1. The lowest BCUT2D eigenvalue weighted by molar-refractivity contribution is -0.123. The van der Waals surface area contributed by atoms with E-state index < -0.39 is 0 Å². The fourth-order valence-corrected chi connectivity index (χ4v) is 1.93. The smallest absolute Gasteiger partial charge is 0.237 e. The highest BCUT2D eigenvalue weighted by atomic mass is 32.2. The number of carbonyl (C=O) groups is 1. The fraction of sp³-hybridized carbons (Fsp3) is 0.900. The Bertz CT molecular complexity index is 164. The molecular formula is C10H22N2OS. The fourth-order valence-electron chi connectivity index (χ4n) is 1.21. The molecule has 14 heavy (non-hydrogen) atoms. The van der Waals surface area contributed by atoms with Gasteiger partial charge in [0.1, 0.15) is 0 Å². The van der Waals surface area contributed by atoms with Gasteiger partial charge in [-0.3, -0.25) is 4.79 Å². The first-order valence-electron chi connectivity index (χ1n) is 5.20. The Kier molecular flexibility index (Phi) is 7.99. The zero-order valence-electron chi connectivity index (χ0n) is 9.38. The second-order valence-corrected chi connectivity index (χ2v) is 4.37. The standard InChI is InChI=1S/C10H22N2OS/c1-4-6-9(11)10(13)12-8(5-2)7-14-3/h8-9H,4-7,11H2,1-3H3,(H,12,13). The van der Waals surface area contributed by atoms with Gasteiger partial charge in [-0.15, -0.1) is 0 Å². The topological polar surface area (TPSA) is 55.1 Å². The first-order valence-corrected chi connectivity index (χ1v) is 6.59. The quantitative estimate of drug-likeness (QED) is 0.678. The Labute approximate surface area is 91.2 Å². The molecule has 3 nitrogen and oxygen atoms in total. The summed E-state index contributed by atoms with van der Waals surface area (Å²) in [5, 5.41) is 2.97. The van der Waals surface area contributed by atoms with E-state index in [1.165, 1.54) is 0 Å². The van der Waals surface area contributed by atoms with Crippen LogP contribution in [-0.4, -0.2) is 30.0 Å². The maximum atomic E-state index is 11.5. The first-order chi connectivity index (χ1) is 6.65. The van der Waals surface area contributed by atoms with Gasteiger partial charge in [-0.1, -0.05) is 20.3 Å². The summed E-state index contributed by atoms with van der Waals surface area (Å²) in [5.74, 6) is 0.953. The molecule has 0 aliphatic carbocycles. The molecule has 3 N–H and O–H groups in total. The predicted molar refractivity (Wildman–Crippen MR) is 63.5 cm³/mol. The van der Waals surface area contributed by atoms with Gasteiger partial charge in [0.2, 0.25) is 5.91 Å². The molecule has 0 aromatic rings. The summed E-state index contributed by atoms with van der Waals surface area (Å²) in [6, 6.07) is -0.0729. The van der Waals surface area contributed by atoms with Gasteiger partial charge >= 0.3 is 0 Å². The zero-order chi connectivity index (χ0) is 11.0. The van der Waals surface area contributed by atoms with Crippen LogP contribution in [0.1, 0.15) is 33.1 Å². The summed E-state index contributed by atoms with van der Waals surface area (Å²) in [4.78, 5) is 11.5. The van der Waals surface area contributed by atoms with Gasteiger partial charge in [0.25, 0.3) is 0 Å². The van der Waals surface area contributed by atoms with E-state index in [0.717, 1.165) is 25.0 Å². The molecule has 0 saturated carbocycles. The third kappa shape index (κ3) is 5.50. The van der Waals surface area contributed by atoms with Gasteiger partial charge < -0.3 is 11.1 Å². The minimum atomic E-state index is -0.337. The molecule has 0 bridgehead atoms. The molecule has 0 heterocycles. The third-order valence-corrected chi connectivity index (χ3v) is 2.88. The van der Waals surface area contributed by atoms with E-state index in [0.29, 0.717) is 0 Å². The molecule has 2 unspecified atom stereocenters. The van der Waals surface area contributed by atoms with Crippen LogP contribution in [0.25, 0.3) is 0 Å². The Balaban J connectivity index is 3.88.